The van der Waals surface area contributed by atoms with Gasteiger partial charge in [0.25, 0.3) is 0 Å². The lowest BCUT2D eigenvalue weighted by atomic mass is 9.82. The summed E-state index contributed by atoms with van der Waals surface area (Å²) in [6, 6.07) is 14.8. The maximum atomic E-state index is 5.30. The fourth-order valence-corrected chi connectivity index (χ4v) is 3.66. The molecule has 0 bridgehead atoms. The Kier molecular flexibility index (Phi) is 5.15. The number of hydrogen-bond acceptors (Lipinski definition) is 1. The van der Waals surface area contributed by atoms with Crippen molar-refractivity contribution in [3.05, 3.63) is 63.6 Å². The molecule has 2 aromatic carbocycles. The smallest absolute Gasteiger partial charge is 0.133 e. The van der Waals surface area contributed by atoms with Gasteiger partial charge in [0.15, 0.2) is 0 Å². The van der Waals surface area contributed by atoms with Crippen LogP contribution in [0.2, 0.25) is 0 Å². The van der Waals surface area contributed by atoms with E-state index in [0.717, 1.165) is 10.2 Å². The van der Waals surface area contributed by atoms with Crippen LogP contribution < -0.4 is 4.74 Å². The summed E-state index contributed by atoms with van der Waals surface area (Å²) in [4.78, 5) is 0.162. The zero-order valence-corrected chi connectivity index (χ0v) is 16.0. The summed E-state index contributed by atoms with van der Waals surface area (Å²) in [7, 11) is 1.68. The van der Waals surface area contributed by atoms with Gasteiger partial charge in [-0.05, 0) is 50.2 Å². The van der Waals surface area contributed by atoms with Gasteiger partial charge in [-0.15, -0.1) is 0 Å². The van der Waals surface area contributed by atoms with Gasteiger partial charge >= 0.3 is 0 Å². The quantitative estimate of drug-likeness (QED) is 0.543. The Balaban J connectivity index is 2.45. The van der Waals surface area contributed by atoms with E-state index < -0.39 is 0 Å². The van der Waals surface area contributed by atoms with Crippen LogP contribution in [-0.4, -0.2) is 7.11 Å². The van der Waals surface area contributed by atoms with Gasteiger partial charge in [0, 0.05) is 0 Å². The molecule has 3 heteroatoms. The van der Waals surface area contributed by atoms with Crippen LogP contribution in [0, 0.1) is 0 Å². The Morgan fingerprint density at radius 2 is 1.71 bits per heavy atom. The van der Waals surface area contributed by atoms with E-state index in [-0.39, 0.29) is 10.2 Å². The second-order valence-corrected chi connectivity index (χ2v) is 7.86. The van der Waals surface area contributed by atoms with Crippen LogP contribution >= 0.6 is 31.9 Å². The van der Waals surface area contributed by atoms with Crippen molar-refractivity contribution in [2.75, 3.05) is 7.11 Å². The average molecular weight is 412 g/mol. The molecule has 0 saturated carbocycles. The molecule has 0 heterocycles. The van der Waals surface area contributed by atoms with Gasteiger partial charge in [-0.3, -0.25) is 0 Å². The fourth-order valence-electron chi connectivity index (χ4n) is 2.42. The van der Waals surface area contributed by atoms with E-state index in [9.17, 15) is 0 Å². The highest BCUT2D eigenvalue weighted by atomic mass is 79.9. The molecule has 21 heavy (non-hydrogen) atoms. The third-order valence-corrected chi connectivity index (χ3v) is 5.15. The number of benzene rings is 2. The van der Waals surface area contributed by atoms with Crippen molar-refractivity contribution in [3.8, 4) is 5.75 Å². The summed E-state index contributed by atoms with van der Waals surface area (Å²) in [6.45, 7) is 6.74. The first kappa shape index (κ1) is 16.6. The molecule has 0 radical (unpaired) electrons. The molecule has 0 aliphatic carbocycles. The molecular formula is C18H20Br2O. The minimum atomic E-state index is 0.117. The SMILES string of the molecule is COc1ccc(C(Br)c2ccccc2C(C)(C)C)cc1Br. The summed E-state index contributed by atoms with van der Waals surface area (Å²) < 4.78 is 6.27. The van der Waals surface area contributed by atoms with Crippen molar-refractivity contribution >= 4 is 31.9 Å². The topological polar surface area (TPSA) is 9.23 Å². The van der Waals surface area contributed by atoms with Crippen LogP contribution in [0.1, 0.15) is 42.3 Å². The Morgan fingerprint density at radius 3 is 2.29 bits per heavy atom. The Morgan fingerprint density at radius 1 is 1.05 bits per heavy atom. The monoisotopic (exact) mass is 410 g/mol. The van der Waals surface area contributed by atoms with E-state index in [1.165, 1.54) is 16.7 Å². The first-order chi connectivity index (χ1) is 9.84. The highest BCUT2D eigenvalue weighted by molar-refractivity contribution is 9.10. The lowest BCUT2D eigenvalue weighted by molar-refractivity contribution is 0.412. The van der Waals surface area contributed by atoms with E-state index in [0.29, 0.717) is 0 Å². The van der Waals surface area contributed by atoms with Crippen molar-refractivity contribution in [1.82, 2.24) is 0 Å². The number of halogens is 2. The maximum absolute atomic E-state index is 5.30. The van der Waals surface area contributed by atoms with Gasteiger partial charge in [-0.25, -0.2) is 0 Å². The number of alkyl halides is 1. The first-order valence-corrected chi connectivity index (χ1v) is 8.62. The Hall–Kier alpha value is -0.800. The van der Waals surface area contributed by atoms with Gasteiger partial charge in [-0.2, -0.15) is 0 Å². The Labute approximate surface area is 144 Å². The largest absolute Gasteiger partial charge is 0.496 e. The zero-order valence-electron chi connectivity index (χ0n) is 12.8. The third-order valence-electron chi connectivity index (χ3n) is 3.51. The summed E-state index contributed by atoms with van der Waals surface area (Å²) >= 11 is 7.42. The third kappa shape index (κ3) is 3.70. The van der Waals surface area contributed by atoms with Crippen LogP contribution in [0.4, 0.5) is 0 Å². The van der Waals surface area contributed by atoms with Gasteiger partial charge in [0.05, 0.1) is 16.4 Å². The molecule has 0 amide bonds. The van der Waals surface area contributed by atoms with Crippen molar-refractivity contribution in [2.45, 2.75) is 31.0 Å². The number of hydrogen-bond donors (Lipinski definition) is 0. The fraction of sp³-hybridized carbons (Fsp3) is 0.333. The minimum Gasteiger partial charge on any atom is -0.496 e. The minimum absolute atomic E-state index is 0.117. The highest BCUT2D eigenvalue weighted by Crippen LogP contribution is 2.39. The number of rotatable bonds is 3. The highest BCUT2D eigenvalue weighted by Gasteiger charge is 2.22. The van der Waals surface area contributed by atoms with Crippen LogP contribution in [0.5, 0.6) is 5.75 Å². The van der Waals surface area contributed by atoms with E-state index in [4.69, 9.17) is 4.74 Å². The Bertz CT molecular complexity index is 629. The standard InChI is InChI=1S/C18H20Br2O/c1-18(2,3)14-8-6-5-7-13(14)17(20)12-9-10-16(21-4)15(19)11-12/h5-11,17H,1-4H3. The molecule has 1 unspecified atom stereocenters. The molecule has 2 rings (SSSR count). The maximum Gasteiger partial charge on any atom is 0.133 e. The van der Waals surface area contributed by atoms with Crippen molar-refractivity contribution in [2.24, 2.45) is 0 Å². The van der Waals surface area contributed by atoms with Crippen LogP contribution in [0.25, 0.3) is 0 Å². The molecule has 1 nitrogen and oxygen atoms in total. The van der Waals surface area contributed by atoms with Crippen molar-refractivity contribution < 1.29 is 4.74 Å². The van der Waals surface area contributed by atoms with Crippen LogP contribution in [0.3, 0.4) is 0 Å². The van der Waals surface area contributed by atoms with Gasteiger partial charge < -0.3 is 4.74 Å². The molecule has 0 saturated heterocycles. The average Bonchev–Trinajstić information content (AvgIpc) is 2.45. The van der Waals surface area contributed by atoms with E-state index >= 15 is 0 Å². The lowest BCUT2D eigenvalue weighted by Crippen LogP contribution is -2.15. The van der Waals surface area contributed by atoms with Crippen LogP contribution in [0.15, 0.2) is 46.9 Å². The predicted octanol–water partition coefficient (Wildman–Crippen LogP) is 6.24. The molecular weight excluding hydrogens is 392 g/mol. The van der Waals surface area contributed by atoms with E-state index in [1.54, 1.807) is 7.11 Å². The summed E-state index contributed by atoms with van der Waals surface area (Å²) in [6.07, 6.45) is 0. The predicted molar refractivity (Wildman–Crippen MR) is 96.6 cm³/mol. The molecule has 112 valence electrons. The van der Waals surface area contributed by atoms with Gasteiger partial charge in [-0.1, -0.05) is 67.0 Å². The molecule has 2 aromatic rings. The lowest BCUT2D eigenvalue weighted by Gasteiger charge is -2.25. The summed E-state index contributed by atoms with van der Waals surface area (Å²) in [5.41, 5.74) is 3.99. The van der Waals surface area contributed by atoms with Gasteiger partial charge in [0.2, 0.25) is 0 Å². The number of methoxy groups -OCH3 is 1. The molecule has 1 atom stereocenters. The van der Waals surface area contributed by atoms with Crippen molar-refractivity contribution in [1.29, 1.82) is 0 Å². The summed E-state index contributed by atoms with van der Waals surface area (Å²) in [5.74, 6) is 0.850. The van der Waals surface area contributed by atoms with Crippen LogP contribution in [-0.2, 0) is 5.41 Å². The molecule has 0 spiro atoms. The second-order valence-electron chi connectivity index (χ2n) is 6.09. The first-order valence-electron chi connectivity index (χ1n) is 6.91. The van der Waals surface area contributed by atoms with Gasteiger partial charge in [0.1, 0.15) is 5.75 Å². The second kappa shape index (κ2) is 6.53. The molecule has 0 aliphatic heterocycles. The summed E-state index contributed by atoms with van der Waals surface area (Å²) in [5, 5.41) is 0. The molecule has 0 aliphatic rings. The van der Waals surface area contributed by atoms with E-state index in [2.05, 4.69) is 89.0 Å². The molecule has 0 fully saturated rings. The zero-order chi connectivity index (χ0) is 15.6. The molecule has 0 aromatic heterocycles. The van der Waals surface area contributed by atoms with Crippen molar-refractivity contribution in [3.63, 3.8) is 0 Å². The molecule has 0 N–H and O–H groups in total. The van der Waals surface area contributed by atoms with E-state index in [1.807, 2.05) is 6.07 Å². The number of ether oxygens (including phenoxy) is 1. The normalized spacial score (nSPS) is 13.0.